The molecule has 2 aromatic carbocycles. The number of carbonyl (C=O) groups is 3. The molecule has 1 aliphatic heterocycles. The van der Waals surface area contributed by atoms with Crippen molar-refractivity contribution in [3.8, 4) is 5.75 Å². The van der Waals surface area contributed by atoms with Crippen molar-refractivity contribution >= 4 is 29.6 Å². The maximum Gasteiger partial charge on any atom is 0.411 e. The zero-order valence-corrected chi connectivity index (χ0v) is 25.5. The van der Waals surface area contributed by atoms with Crippen LogP contribution in [-0.4, -0.2) is 82.3 Å². The van der Waals surface area contributed by atoms with Crippen LogP contribution in [0.1, 0.15) is 49.5 Å². The molecule has 12 heteroatoms. The van der Waals surface area contributed by atoms with E-state index >= 15 is 0 Å². The number of carboxylic acids is 1. The first kappa shape index (κ1) is 32.1. The number of hydrogen-bond donors (Lipinski definition) is 3. The quantitative estimate of drug-likeness (QED) is 0.291. The minimum absolute atomic E-state index is 0.00722. The molecule has 0 saturated carbocycles. The molecule has 1 aromatic heterocycles. The molecule has 234 valence electrons. The Bertz CT molecular complexity index is 1410. The molecular weight excluding hydrogens is 564 g/mol. The van der Waals surface area contributed by atoms with E-state index in [2.05, 4.69) is 25.5 Å². The maximum absolute atomic E-state index is 13.2. The molecule has 0 spiro atoms. The summed E-state index contributed by atoms with van der Waals surface area (Å²) in [4.78, 5) is 50.4. The number of nitrogens with zero attached hydrogens (tertiary/aromatic N) is 4. The van der Waals surface area contributed by atoms with Crippen LogP contribution in [0.15, 0.2) is 67.0 Å². The Kier molecular flexibility index (Phi) is 10.6. The molecule has 44 heavy (non-hydrogen) atoms. The van der Waals surface area contributed by atoms with Gasteiger partial charge in [-0.05, 0) is 63.4 Å². The van der Waals surface area contributed by atoms with Gasteiger partial charge < -0.3 is 30.1 Å². The average molecular weight is 605 g/mol. The average Bonchev–Trinajstić information content (AvgIpc) is 3.02. The zero-order valence-electron chi connectivity index (χ0n) is 25.5. The molecular formula is C32H40N6O6. The first-order valence-electron chi connectivity index (χ1n) is 14.5. The van der Waals surface area contributed by atoms with Gasteiger partial charge in [0.15, 0.2) is 6.04 Å². The van der Waals surface area contributed by atoms with E-state index < -0.39 is 29.6 Å². The van der Waals surface area contributed by atoms with Crippen molar-refractivity contribution in [2.45, 2.75) is 57.8 Å². The largest absolute Gasteiger partial charge is 0.495 e. The van der Waals surface area contributed by atoms with Crippen molar-refractivity contribution in [2.24, 2.45) is 0 Å². The van der Waals surface area contributed by atoms with Crippen LogP contribution >= 0.6 is 0 Å². The highest BCUT2D eigenvalue weighted by Crippen LogP contribution is 2.32. The van der Waals surface area contributed by atoms with E-state index in [1.54, 1.807) is 58.5 Å². The first-order chi connectivity index (χ1) is 21.1. The number of carboxylic acid groups (broad SMARTS) is 1. The summed E-state index contributed by atoms with van der Waals surface area (Å²) in [6, 6.07) is 14.9. The molecule has 0 bridgehead atoms. The molecule has 4 rings (SSSR count). The number of piperidine rings is 1. The van der Waals surface area contributed by atoms with E-state index in [0.717, 1.165) is 42.1 Å². The van der Waals surface area contributed by atoms with Crippen molar-refractivity contribution in [2.75, 3.05) is 37.0 Å². The topological polar surface area (TPSA) is 146 Å². The van der Waals surface area contributed by atoms with Gasteiger partial charge in [-0.3, -0.25) is 9.69 Å². The summed E-state index contributed by atoms with van der Waals surface area (Å²) in [7, 11) is 1.55. The molecule has 2 heterocycles. The lowest BCUT2D eigenvalue weighted by molar-refractivity contribution is -0.144. The molecule has 2 amide bonds. The van der Waals surface area contributed by atoms with E-state index in [1.165, 1.54) is 0 Å². The van der Waals surface area contributed by atoms with Gasteiger partial charge in [0.2, 0.25) is 5.95 Å². The highest BCUT2D eigenvalue weighted by Gasteiger charge is 2.39. The molecule has 3 aromatic rings. The summed E-state index contributed by atoms with van der Waals surface area (Å²) in [6.45, 7) is 6.37. The van der Waals surface area contributed by atoms with Gasteiger partial charge >= 0.3 is 12.1 Å². The standard InChI is InChI=1S/C32H40N6O6/c1-32(2,3)38(31(42)44-21-22-9-6-5-7-10-22)26(29(40)41)20-35-28(39)23-11-12-25(27(19-23)43-4)37-17-13-24(14-18-37)36-30-33-15-8-16-34-30/h5-12,15-16,19,24,26H,13-14,17-18,20-21H2,1-4H3,(H,35,39)(H,40,41)(H,33,34,36)/t26-/m0/s1. The van der Waals surface area contributed by atoms with Crippen LogP contribution in [0.4, 0.5) is 16.4 Å². The molecule has 0 aliphatic carbocycles. The number of hydrogen-bond acceptors (Lipinski definition) is 9. The maximum atomic E-state index is 13.2. The van der Waals surface area contributed by atoms with Gasteiger partial charge in [0, 0.05) is 49.2 Å². The van der Waals surface area contributed by atoms with E-state index in [-0.39, 0.29) is 19.2 Å². The predicted molar refractivity (Wildman–Crippen MR) is 166 cm³/mol. The van der Waals surface area contributed by atoms with Gasteiger partial charge in [-0.25, -0.2) is 19.6 Å². The number of rotatable bonds is 11. The van der Waals surface area contributed by atoms with Gasteiger partial charge in [-0.15, -0.1) is 0 Å². The summed E-state index contributed by atoms with van der Waals surface area (Å²) in [5.74, 6) is -0.607. The van der Waals surface area contributed by atoms with Crippen LogP contribution in [0.5, 0.6) is 5.75 Å². The fraction of sp³-hybridized carbons (Fsp3) is 0.406. The molecule has 1 saturated heterocycles. The summed E-state index contributed by atoms with van der Waals surface area (Å²) >= 11 is 0. The second kappa shape index (κ2) is 14.5. The Morgan fingerprint density at radius 3 is 2.34 bits per heavy atom. The number of carbonyl (C=O) groups excluding carboxylic acids is 2. The van der Waals surface area contributed by atoms with Crippen molar-refractivity contribution in [3.05, 3.63) is 78.1 Å². The molecule has 1 fully saturated rings. The lowest BCUT2D eigenvalue weighted by Crippen LogP contribution is -2.58. The number of aliphatic carboxylic acids is 1. The van der Waals surface area contributed by atoms with E-state index in [0.29, 0.717) is 17.3 Å². The molecule has 3 N–H and O–H groups in total. The zero-order chi connectivity index (χ0) is 31.7. The van der Waals surface area contributed by atoms with Crippen molar-refractivity contribution in [1.29, 1.82) is 0 Å². The Morgan fingerprint density at radius 1 is 1.05 bits per heavy atom. The predicted octanol–water partition coefficient (Wildman–Crippen LogP) is 4.19. The van der Waals surface area contributed by atoms with Gasteiger partial charge in [-0.1, -0.05) is 30.3 Å². The second-order valence-electron chi connectivity index (χ2n) is 11.5. The third-order valence-corrected chi connectivity index (χ3v) is 7.35. The SMILES string of the molecule is COc1cc(C(=O)NC[C@@H](C(=O)O)N(C(=O)OCc2ccccc2)C(C)(C)C)ccc1N1CCC(Nc2ncccn2)CC1. The van der Waals surface area contributed by atoms with Gasteiger partial charge in [0.05, 0.1) is 12.8 Å². The van der Waals surface area contributed by atoms with E-state index in [9.17, 15) is 19.5 Å². The third kappa shape index (κ3) is 8.36. The Balaban J connectivity index is 1.39. The Labute approximate surface area is 257 Å². The number of methoxy groups -OCH3 is 1. The van der Waals surface area contributed by atoms with Crippen molar-refractivity contribution in [1.82, 2.24) is 20.2 Å². The number of nitrogens with one attached hydrogen (secondary N) is 2. The van der Waals surface area contributed by atoms with E-state index in [4.69, 9.17) is 9.47 Å². The van der Waals surface area contributed by atoms with Gasteiger partial charge in [-0.2, -0.15) is 0 Å². The van der Waals surface area contributed by atoms with Crippen LogP contribution in [0.25, 0.3) is 0 Å². The number of benzene rings is 2. The number of amides is 2. The normalized spacial score (nSPS) is 14.3. The van der Waals surface area contributed by atoms with Crippen molar-refractivity contribution < 1.29 is 29.0 Å². The van der Waals surface area contributed by atoms with Gasteiger partial charge in [0.1, 0.15) is 12.4 Å². The fourth-order valence-electron chi connectivity index (χ4n) is 5.14. The van der Waals surface area contributed by atoms with Crippen LogP contribution < -0.4 is 20.3 Å². The minimum Gasteiger partial charge on any atom is -0.495 e. The number of aromatic nitrogens is 2. The summed E-state index contributed by atoms with van der Waals surface area (Å²) in [5, 5.41) is 16.1. The smallest absolute Gasteiger partial charge is 0.411 e. The fourth-order valence-corrected chi connectivity index (χ4v) is 5.14. The second-order valence-corrected chi connectivity index (χ2v) is 11.5. The summed E-state index contributed by atoms with van der Waals surface area (Å²) in [6.07, 6.45) is 4.37. The highest BCUT2D eigenvalue weighted by molar-refractivity contribution is 5.96. The molecule has 12 nitrogen and oxygen atoms in total. The monoisotopic (exact) mass is 604 g/mol. The van der Waals surface area contributed by atoms with Crippen LogP contribution in [0, 0.1) is 0 Å². The molecule has 1 aliphatic rings. The van der Waals surface area contributed by atoms with Crippen LogP contribution in [-0.2, 0) is 16.1 Å². The first-order valence-corrected chi connectivity index (χ1v) is 14.5. The molecule has 0 radical (unpaired) electrons. The lowest BCUT2D eigenvalue weighted by Gasteiger charge is -2.38. The summed E-state index contributed by atoms with van der Waals surface area (Å²) < 4.78 is 11.1. The third-order valence-electron chi connectivity index (χ3n) is 7.35. The Hall–Kier alpha value is -4.87. The van der Waals surface area contributed by atoms with Gasteiger partial charge in [0.25, 0.3) is 5.91 Å². The van der Waals surface area contributed by atoms with Crippen LogP contribution in [0.3, 0.4) is 0 Å². The van der Waals surface area contributed by atoms with Crippen molar-refractivity contribution in [3.63, 3.8) is 0 Å². The highest BCUT2D eigenvalue weighted by atomic mass is 16.6. The number of ether oxygens (including phenoxy) is 2. The van der Waals surface area contributed by atoms with E-state index in [1.807, 2.05) is 36.4 Å². The molecule has 1 atom stereocenters. The lowest BCUT2D eigenvalue weighted by atomic mass is 10.0. The van der Waals surface area contributed by atoms with Crippen LogP contribution in [0.2, 0.25) is 0 Å². The minimum atomic E-state index is -1.36. The Morgan fingerprint density at radius 2 is 1.73 bits per heavy atom. The number of anilines is 2. The summed E-state index contributed by atoms with van der Waals surface area (Å²) in [5.41, 5.74) is 1.04. The molecule has 0 unspecified atom stereocenters.